The topological polar surface area (TPSA) is 140 Å². The molecule has 12 nitrogen and oxygen atoms in total. The minimum absolute atomic E-state index is 0.0909. The number of aryl methyl sites for hydroxylation is 1. The maximum atomic E-state index is 14.2. The third kappa shape index (κ3) is 6.34. The van der Waals surface area contributed by atoms with E-state index in [1.54, 1.807) is 32.4 Å². The van der Waals surface area contributed by atoms with Gasteiger partial charge >= 0.3 is 11.8 Å². The first-order valence-electron chi connectivity index (χ1n) is 15.4. The number of aromatic nitrogens is 5. The fourth-order valence-corrected chi connectivity index (χ4v) is 5.83. The summed E-state index contributed by atoms with van der Waals surface area (Å²) in [6.45, 7) is 12.0. The Balaban J connectivity index is 1.59. The normalized spacial score (nSPS) is 15.3. The van der Waals surface area contributed by atoms with E-state index >= 15 is 0 Å². The van der Waals surface area contributed by atoms with E-state index in [0.29, 0.717) is 30.4 Å². The molecule has 0 aliphatic carbocycles. The van der Waals surface area contributed by atoms with Gasteiger partial charge in [0.15, 0.2) is 11.2 Å². The van der Waals surface area contributed by atoms with Gasteiger partial charge in [-0.15, -0.1) is 5.92 Å². The highest BCUT2D eigenvalue weighted by Crippen LogP contribution is 2.29. The van der Waals surface area contributed by atoms with Gasteiger partial charge in [0.1, 0.15) is 5.60 Å². The molecular formula is C34H40N8O4. The van der Waals surface area contributed by atoms with E-state index in [9.17, 15) is 19.6 Å². The summed E-state index contributed by atoms with van der Waals surface area (Å²) in [6.07, 6.45) is 1.05. The van der Waals surface area contributed by atoms with E-state index in [4.69, 9.17) is 14.7 Å². The number of alkyl carbamates (subject to hydrolysis) is 1. The van der Waals surface area contributed by atoms with Gasteiger partial charge in [0.05, 0.1) is 36.0 Å². The van der Waals surface area contributed by atoms with Crippen LogP contribution in [0.2, 0.25) is 0 Å². The van der Waals surface area contributed by atoms with E-state index in [1.165, 1.54) is 4.57 Å². The molecule has 4 heterocycles. The van der Waals surface area contributed by atoms with E-state index in [1.807, 2.05) is 56.0 Å². The second kappa shape index (κ2) is 12.4. The van der Waals surface area contributed by atoms with Crippen molar-refractivity contribution < 1.29 is 9.53 Å². The molecule has 1 saturated heterocycles. The maximum absolute atomic E-state index is 14.2. The van der Waals surface area contributed by atoms with E-state index in [-0.39, 0.29) is 30.3 Å². The molecule has 1 aliphatic heterocycles. The number of benzene rings is 1. The third-order valence-electron chi connectivity index (χ3n) is 8.04. The molecule has 4 aromatic rings. The highest BCUT2D eigenvalue weighted by Gasteiger charge is 2.30. The number of ether oxygens (including phenoxy) is 1. The second-order valence-corrected chi connectivity index (χ2v) is 13.2. The van der Waals surface area contributed by atoms with Crippen LogP contribution in [0.3, 0.4) is 0 Å². The number of nitriles is 1. The largest absolute Gasteiger partial charge is 0.444 e. The molecule has 0 radical (unpaired) electrons. The maximum Gasteiger partial charge on any atom is 0.407 e. The Morgan fingerprint density at radius 3 is 2.57 bits per heavy atom. The first kappa shape index (κ1) is 32.3. The van der Waals surface area contributed by atoms with Crippen molar-refractivity contribution in [3.63, 3.8) is 0 Å². The number of nitrogens with zero attached hydrogens (tertiary/aromatic N) is 7. The molecule has 12 heteroatoms. The van der Waals surface area contributed by atoms with Crippen LogP contribution in [0.25, 0.3) is 21.9 Å². The van der Waals surface area contributed by atoms with Gasteiger partial charge in [-0.3, -0.25) is 23.5 Å². The fraction of sp³-hybridized carbons (Fsp3) is 0.471. The second-order valence-electron chi connectivity index (χ2n) is 13.2. The zero-order chi connectivity index (χ0) is 33.4. The molecule has 1 unspecified atom stereocenters. The summed E-state index contributed by atoms with van der Waals surface area (Å²) in [7, 11) is 1.59. The number of nitrogens with one attached hydrogen (secondary N) is 1. The smallest absolute Gasteiger partial charge is 0.407 e. The summed E-state index contributed by atoms with van der Waals surface area (Å²) < 4.78 is 9.74. The monoisotopic (exact) mass is 624 g/mol. The van der Waals surface area contributed by atoms with Crippen LogP contribution in [0.5, 0.6) is 0 Å². The molecule has 0 saturated carbocycles. The van der Waals surface area contributed by atoms with Crippen LogP contribution in [0.15, 0.2) is 39.9 Å². The van der Waals surface area contributed by atoms with Gasteiger partial charge < -0.3 is 15.0 Å². The molecule has 46 heavy (non-hydrogen) atoms. The Hall–Kier alpha value is -5.10. The predicted octanol–water partition coefficient (Wildman–Crippen LogP) is 3.81. The number of amides is 1. The molecule has 3 aromatic heterocycles. The number of carbonyl (C=O) groups is 1. The molecule has 5 rings (SSSR count). The van der Waals surface area contributed by atoms with Crippen molar-refractivity contribution >= 4 is 34.0 Å². The van der Waals surface area contributed by atoms with Gasteiger partial charge in [-0.1, -0.05) is 30.2 Å². The molecule has 1 amide bonds. The molecule has 1 aliphatic rings. The summed E-state index contributed by atoms with van der Waals surface area (Å²) in [5, 5.41) is 14.6. The van der Waals surface area contributed by atoms with Gasteiger partial charge in [-0.05, 0) is 65.8 Å². The van der Waals surface area contributed by atoms with Gasteiger partial charge in [0, 0.05) is 31.6 Å². The highest BCUT2D eigenvalue weighted by molar-refractivity contribution is 5.86. The van der Waals surface area contributed by atoms with Crippen molar-refractivity contribution in [3.8, 4) is 17.9 Å². The number of fused-ring (bicyclic) bond motifs is 2. The Morgan fingerprint density at radius 1 is 1.13 bits per heavy atom. The zero-order valence-electron chi connectivity index (χ0n) is 27.5. The van der Waals surface area contributed by atoms with Crippen LogP contribution < -0.4 is 21.5 Å². The number of piperidine rings is 1. The minimum Gasteiger partial charge on any atom is -0.444 e. The third-order valence-corrected chi connectivity index (χ3v) is 8.04. The SMILES string of the molecule is CC#CCn1c(N2CCCC(NC(=O)OC(C)(C)C)C2)nc2c1c(=O)n(Cc1cc3ccccc3c(C(C)(C)C#N)n1)c(=O)n2C. The number of anilines is 1. The molecule has 0 bridgehead atoms. The Kier molecular flexibility index (Phi) is 8.68. The van der Waals surface area contributed by atoms with Crippen molar-refractivity contribution in [3.05, 3.63) is 62.6 Å². The lowest BCUT2D eigenvalue weighted by molar-refractivity contribution is 0.0499. The standard InChI is InChI=1S/C34H40N8O4/c1-8-9-17-41-26-28(38-30(41)40-16-12-14-23(19-40)37-31(44)46-33(2,3)4)39(7)32(45)42(29(26)43)20-24-18-22-13-10-11-15-25(22)27(36-24)34(5,6)21-35/h10-11,13,15,18,23H,12,14,16-17,19-20H2,1-7H3,(H,37,44). The van der Waals surface area contributed by atoms with Crippen molar-refractivity contribution in [1.82, 2.24) is 29.0 Å². The zero-order valence-corrected chi connectivity index (χ0v) is 27.5. The predicted molar refractivity (Wildman–Crippen MR) is 177 cm³/mol. The summed E-state index contributed by atoms with van der Waals surface area (Å²) >= 11 is 0. The molecule has 1 fully saturated rings. The van der Waals surface area contributed by atoms with Crippen LogP contribution in [0.1, 0.15) is 65.8 Å². The lowest BCUT2D eigenvalue weighted by Crippen LogP contribution is -2.49. The fourth-order valence-electron chi connectivity index (χ4n) is 5.83. The van der Waals surface area contributed by atoms with Gasteiger partial charge in [0.25, 0.3) is 5.56 Å². The number of pyridine rings is 1. The van der Waals surface area contributed by atoms with Crippen LogP contribution in [-0.2, 0) is 30.3 Å². The average molecular weight is 625 g/mol. The number of carbonyl (C=O) groups excluding carboxylic acids is 1. The highest BCUT2D eigenvalue weighted by atomic mass is 16.6. The Morgan fingerprint density at radius 2 is 1.87 bits per heavy atom. The van der Waals surface area contributed by atoms with Crippen molar-refractivity contribution in [2.45, 2.75) is 84.5 Å². The Labute approximate surface area is 267 Å². The van der Waals surface area contributed by atoms with Crippen molar-refractivity contribution in [1.29, 1.82) is 5.26 Å². The number of hydrogen-bond donors (Lipinski definition) is 1. The molecular weight excluding hydrogens is 584 g/mol. The summed E-state index contributed by atoms with van der Waals surface area (Å²) in [5.74, 6) is 6.45. The number of imidazole rings is 1. The van der Waals surface area contributed by atoms with Crippen LogP contribution in [-0.4, -0.2) is 54.5 Å². The summed E-state index contributed by atoms with van der Waals surface area (Å²) in [4.78, 5) is 52.0. The number of rotatable bonds is 6. The lowest BCUT2D eigenvalue weighted by atomic mass is 9.87. The van der Waals surface area contributed by atoms with Crippen molar-refractivity contribution in [2.75, 3.05) is 18.0 Å². The van der Waals surface area contributed by atoms with Gasteiger partial charge in [-0.25, -0.2) is 9.59 Å². The first-order valence-corrected chi connectivity index (χ1v) is 15.4. The molecule has 1 aromatic carbocycles. The van der Waals surface area contributed by atoms with Crippen molar-refractivity contribution in [2.24, 2.45) is 7.05 Å². The van der Waals surface area contributed by atoms with Gasteiger partial charge in [-0.2, -0.15) is 10.2 Å². The lowest BCUT2D eigenvalue weighted by Gasteiger charge is -2.34. The number of hydrogen-bond acceptors (Lipinski definition) is 8. The van der Waals surface area contributed by atoms with Crippen LogP contribution in [0.4, 0.5) is 10.7 Å². The minimum atomic E-state index is -0.896. The van der Waals surface area contributed by atoms with Crippen LogP contribution >= 0.6 is 0 Å². The average Bonchev–Trinajstić information content (AvgIpc) is 3.39. The quantitative estimate of drug-likeness (QED) is 0.320. The van der Waals surface area contributed by atoms with E-state index in [2.05, 4.69) is 23.2 Å². The van der Waals surface area contributed by atoms with Gasteiger partial charge in [0.2, 0.25) is 5.95 Å². The molecule has 1 atom stereocenters. The molecule has 0 spiro atoms. The first-order chi connectivity index (χ1) is 21.7. The van der Waals surface area contributed by atoms with E-state index < -0.39 is 28.4 Å². The van der Waals surface area contributed by atoms with E-state index in [0.717, 1.165) is 28.2 Å². The van der Waals surface area contributed by atoms with Crippen LogP contribution in [0, 0.1) is 23.2 Å². The summed E-state index contributed by atoms with van der Waals surface area (Å²) in [6, 6.07) is 11.6. The summed E-state index contributed by atoms with van der Waals surface area (Å²) in [5.41, 5.74) is -0.986. The molecule has 1 N–H and O–H groups in total. The Bertz CT molecular complexity index is 2050. The molecule has 240 valence electrons.